The monoisotopic (exact) mass is 330 g/mol. The highest BCUT2D eigenvalue weighted by atomic mass is 16.3. The molecule has 130 valence electrons. The zero-order valence-corrected chi connectivity index (χ0v) is 14.4. The molecule has 3 rings (SSSR count). The molecule has 1 atom stereocenters. The number of aromatic nitrogens is 4. The van der Waals surface area contributed by atoms with Crippen molar-refractivity contribution in [2.24, 2.45) is 0 Å². The Morgan fingerprint density at radius 2 is 2.25 bits per heavy atom. The average Bonchev–Trinajstić information content (AvgIpc) is 2.88. The second-order valence-electron chi connectivity index (χ2n) is 6.34. The van der Waals surface area contributed by atoms with Gasteiger partial charge in [0, 0.05) is 43.1 Å². The third-order valence-corrected chi connectivity index (χ3v) is 4.71. The first kappa shape index (κ1) is 16.9. The summed E-state index contributed by atoms with van der Waals surface area (Å²) in [5.41, 5.74) is 3.41. The second-order valence-corrected chi connectivity index (χ2v) is 6.34. The van der Waals surface area contributed by atoms with Gasteiger partial charge in [-0.25, -0.2) is 0 Å². The van der Waals surface area contributed by atoms with E-state index in [1.54, 1.807) is 6.20 Å². The Balaban J connectivity index is 1.61. The summed E-state index contributed by atoms with van der Waals surface area (Å²) < 4.78 is 1.89. The molecule has 0 unspecified atom stereocenters. The van der Waals surface area contributed by atoms with E-state index < -0.39 is 0 Å². The van der Waals surface area contributed by atoms with Gasteiger partial charge in [-0.15, -0.1) is 5.10 Å². The average molecular weight is 330 g/mol. The molecule has 7 heteroatoms. The number of anilines is 1. The van der Waals surface area contributed by atoms with Gasteiger partial charge in [-0.3, -0.25) is 4.68 Å². The van der Waals surface area contributed by atoms with Crippen LogP contribution in [0.3, 0.4) is 0 Å². The van der Waals surface area contributed by atoms with Crippen LogP contribution in [-0.2, 0) is 13.1 Å². The summed E-state index contributed by atoms with van der Waals surface area (Å²) >= 11 is 0. The van der Waals surface area contributed by atoms with Crippen molar-refractivity contribution in [1.29, 1.82) is 0 Å². The van der Waals surface area contributed by atoms with E-state index in [0.29, 0.717) is 12.6 Å². The summed E-state index contributed by atoms with van der Waals surface area (Å²) in [6.45, 7) is 7.55. The first-order valence-corrected chi connectivity index (χ1v) is 8.59. The molecule has 7 nitrogen and oxygen atoms in total. The van der Waals surface area contributed by atoms with E-state index in [9.17, 15) is 0 Å². The number of hydrogen-bond donors (Lipinski definition) is 2. The molecule has 0 radical (unpaired) electrons. The summed E-state index contributed by atoms with van der Waals surface area (Å²) in [5.74, 6) is 0.951. The molecule has 0 aliphatic carbocycles. The normalized spacial score (nSPS) is 18.1. The van der Waals surface area contributed by atoms with Crippen molar-refractivity contribution in [2.45, 2.75) is 45.8 Å². The van der Waals surface area contributed by atoms with Crippen LogP contribution in [0.1, 0.15) is 29.8 Å². The largest absolute Gasteiger partial charge is 0.394 e. The molecule has 1 saturated heterocycles. The van der Waals surface area contributed by atoms with Crippen LogP contribution in [0.5, 0.6) is 0 Å². The number of hydrogen-bond acceptors (Lipinski definition) is 6. The van der Waals surface area contributed by atoms with Gasteiger partial charge < -0.3 is 15.3 Å². The van der Waals surface area contributed by atoms with Gasteiger partial charge in [0.25, 0.3) is 0 Å². The van der Waals surface area contributed by atoms with Gasteiger partial charge in [0.05, 0.1) is 18.8 Å². The molecular formula is C17H26N6O. The minimum absolute atomic E-state index is 0.116. The van der Waals surface area contributed by atoms with Crippen LogP contribution in [0.15, 0.2) is 18.3 Å². The summed E-state index contributed by atoms with van der Waals surface area (Å²) in [7, 11) is 0. The van der Waals surface area contributed by atoms with Gasteiger partial charge in [0.15, 0.2) is 5.82 Å². The van der Waals surface area contributed by atoms with Gasteiger partial charge in [-0.2, -0.15) is 10.2 Å². The SMILES string of the molecule is Cc1nn(CCO)c(C)c1CN[C@H]1CCCN(c2cccnn2)C1. The standard InChI is InChI=1S/C17H26N6O/c1-13-16(14(2)23(21-13)9-10-24)11-18-15-5-4-8-22(12-15)17-6-3-7-19-20-17/h3,6-7,15,18,24H,4-5,8-12H2,1-2H3/t15-/m0/s1. The molecule has 2 N–H and O–H groups in total. The molecule has 0 spiro atoms. The van der Waals surface area contributed by atoms with Crippen molar-refractivity contribution < 1.29 is 5.11 Å². The van der Waals surface area contributed by atoms with Gasteiger partial charge in [-0.05, 0) is 38.8 Å². The Morgan fingerprint density at radius 3 is 3.00 bits per heavy atom. The molecule has 1 aliphatic heterocycles. The van der Waals surface area contributed by atoms with E-state index in [1.807, 2.05) is 23.7 Å². The molecular weight excluding hydrogens is 304 g/mol. The van der Waals surface area contributed by atoms with Crippen molar-refractivity contribution in [3.63, 3.8) is 0 Å². The van der Waals surface area contributed by atoms with E-state index in [1.165, 1.54) is 12.0 Å². The Labute approximate surface area is 142 Å². The Kier molecular flexibility index (Phi) is 5.42. The van der Waals surface area contributed by atoms with E-state index in [2.05, 4.69) is 32.4 Å². The predicted octanol–water partition coefficient (Wildman–Crippen LogP) is 1.04. The van der Waals surface area contributed by atoms with Crippen molar-refractivity contribution in [3.05, 3.63) is 35.3 Å². The van der Waals surface area contributed by atoms with Crippen LogP contribution < -0.4 is 10.2 Å². The Hall–Kier alpha value is -1.99. The highest BCUT2D eigenvalue weighted by Crippen LogP contribution is 2.18. The fraction of sp³-hybridized carbons (Fsp3) is 0.588. The zero-order chi connectivity index (χ0) is 16.9. The predicted molar refractivity (Wildman–Crippen MR) is 92.9 cm³/mol. The Bertz CT molecular complexity index is 657. The fourth-order valence-electron chi connectivity index (χ4n) is 3.36. The van der Waals surface area contributed by atoms with E-state index >= 15 is 0 Å². The van der Waals surface area contributed by atoms with Crippen LogP contribution in [0.25, 0.3) is 0 Å². The van der Waals surface area contributed by atoms with E-state index in [0.717, 1.165) is 43.3 Å². The minimum Gasteiger partial charge on any atom is -0.394 e. The third-order valence-electron chi connectivity index (χ3n) is 4.71. The fourth-order valence-corrected chi connectivity index (χ4v) is 3.36. The maximum absolute atomic E-state index is 9.12. The Morgan fingerprint density at radius 1 is 1.38 bits per heavy atom. The molecule has 0 amide bonds. The number of nitrogens with one attached hydrogen (secondary N) is 1. The van der Waals surface area contributed by atoms with Crippen LogP contribution in [-0.4, -0.2) is 50.8 Å². The number of aryl methyl sites for hydroxylation is 1. The minimum atomic E-state index is 0.116. The number of rotatable bonds is 6. The van der Waals surface area contributed by atoms with Crippen molar-refractivity contribution >= 4 is 5.82 Å². The lowest BCUT2D eigenvalue weighted by Crippen LogP contribution is -2.46. The molecule has 1 aliphatic rings. The molecule has 2 aromatic rings. The van der Waals surface area contributed by atoms with Crippen molar-refractivity contribution in [3.8, 4) is 0 Å². The quantitative estimate of drug-likeness (QED) is 0.824. The number of aliphatic hydroxyl groups excluding tert-OH is 1. The summed E-state index contributed by atoms with van der Waals surface area (Å²) in [5, 5.41) is 25.5. The van der Waals surface area contributed by atoms with Gasteiger partial charge in [0.1, 0.15) is 0 Å². The molecule has 3 heterocycles. The molecule has 1 fully saturated rings. The maximum atomic E-state index is 9.12. The summed E-state index contributed by atoms with van der Waals surface area (Å²) in [6.07, 6.45) is 4.02. The first-order valence-electron chi connectivity index (χ1n) is 8.59. The number of aliphatic hydroxyl groups is 1. The smallest absolute Gasteiger partial charge is 0.151 e. The molecule has 0 bridgehead atoms. The van der Waals surface area contributed by atoms with Crippen LogP contribution in [0, 0.1) is 13.8 Å². The van der Waals surface area contributed by atoms with E-state index in [-0.39, 0.29) is 6.61 Å². The lowest BCUT2D eigenvalue weighted by molar-refractivity contribution is 0.267. The second kappa shape index (κ2) is 7.72. The molecule has 2 aromatic heterocycles. The zero-order valence-electron chi connectivity index (χ0n) is 14.4. The third kappa shape index (κ3) is 3.73. The highest BCUT2D eigenvalue weighted by molar-refractivity contribution is 5.37. The molecule has 24 heavy (non-hydrogen) atoms. The maximum Gasteiger partial charge on any atom is 0.151 e. The summed E-state index contributed by atoms with van der Waals surface area (Å²) in [6, 6.07) is 4.38. The van der Waals surface area contributed by atoms with Crippen molar-refractivity contribution in [2.75, 3.05) is 24.6 Å². The first-order chi connectivity index (χ1) is 11.7. The van der Waals surface area contributed by atoms with Crippen molar-refractivity contribution in [1.82, 2.24) is 25.3 Å². The summed E-state index contributed by atoms with van der Waals surface area (Å²) in [4.78, 5) is 2.29. The van der Waals surface area contributed by atoms with Gasteiger partial charge in [0.2, 0.25) is 0 Å². The molecule has 0 aromatic carbocycles. The molecule has 0 saturated carbocycles. The van der Waals surface area contributed by atoms with Gasteiger partial charge >= 0.3 is 0 Å². The van der Waals surface area contributed by atoms with Crippen LogP contribution in [0.2, 0.25) is 0 Å². The highest BCUT2D eigenvalue weighted by Gasteiger charge is 2.21. The number of piperidine rings is 1. The van der Waals surface area contributed by atoms with Crippen LogP contribution >= 0.6 is 0 Å². The lowest BCUT2D eigenvalue weighted by atomic mass is 10.0. The van der Waals surface area contributed by atoms with Crippen LogP contribution in [0.4, 0.5) is 5.82 Å². The van der Waals surface area contributed by atoms with E-state index in [4.69, 9.17) is 5.11 Å². The lowest BCUT2D eigenvalue weighted by Gasteiger charge is -2.33. The number of nitrogens with zero attached hydrogens (tertiary/aromatic N) is 5. The van der Waals surface area contributed by atoms with Gasteiger partial charge in [-0.1, -0.05) is 0 Å². The topological polar surface area (TPSA) is 79.1 Å².